The van der Waals surface area contributed by atoms with E-state index in [1.807, 2.05) is 0 Å². The van der Waals surface area contributed by atoms with E-state index < -0.39 is 6.10 Å². The Morgan fingerprint density at radius 2 is 2.50 bits per heavy atom. The van der Waals surface area contributed by atoms with Crippen LogP contribution in [0, 0.1) is 6.92 Å². The van der Waals surface area contributed by atoms with E-state index in [1.165, 1.54) is 5.56 Å². The van der Waals surface area contributed by atoms with Gasteiger partial charge in [-0.15, -0.1) is 0 Å². The molecule has 7 heteroatoms. The van der Waals surface area contributed by atoms with E-state index >= 15 is 0 Å². The summed E-state index contributed by atoms with van der Waals surface area (Å²) < 4.78 is 4.90. The Labute approximate surface area is 132 Å². The highest BCUT2D eigenvalue weighted by molar-refractivity contribution is 7.07. The molecule has 0 spiro atoms. The molecule has 118 valence electrons. The molecule has 2 aromatic rings. The average Bonchev–Trinajstić information content (AvgIpc) is 3.13. The van der Waals surface area contributed by atoms with E-state index in [1.54, 1.807) is 24.3 Å². The van der Waals surface area contributed by atoms with Gasteiger partial charge in [-0.3, -0.25) is 9.69 Å². The highest BCUT2D eigenvalue weighted by Crippen LogP contribution is 2.16. The van der Waals surface area contributed by atoms with Crippen LogP contribution in [0.1, 0.15) is 28.2 Å². The lowest BCUT2D eigenvalue weighted by molar-refractivity contribution is 0.0348. The smallest absolute Gasteiger partial charge is 0.273 e. The Morgan fingerprint density at radius 3 is 3.14 bits per heavy atom. The second kappa shape index (κ2) is 6.60. The Kier molecular flexibility index (Phi) is 4.56. The van der Waals surface area contributed by atoms with Gasteiger partial charge in [0, 0.05) is 25.7 Å². The number of aromatic nitrogens is 1. The van der Waals surface area contributed by atoms with Crippen molar-refractivity contribution < 1.29 is 14.4 Å². The third-order valence-electron chi connectivity index (χ3n) is 3.83. The van der Waals surface area contributed by atoms with E-state index in [0.29, 0.717) is 18.7 Å². The molecule has 3 rings (SSSR count). The Balaban J connectivity index is 1.53. The zero-order valence-electron chi connectivity index (χ0n) is 12.4. The molecule has 0 aromatic carbocycles. The van der Waals surface area contributed by atoms with Crippen molar-refractivity contribution in [3.63, 3.8) is 0 Å². The summed E-state index contributed by atoms with van der Waals surface area (Å²) in [5.41, 5.74) is 1.52. The van der Waals surface area contributed by atoms with Crippen LogP contribution in [0.3, 0.4) is 0 Å². The van der Waals surface area contributed by atoms with Gasteiger partial charge in [0.2, 0.25) is 0 Å². The fourth-order valence-electron chi connectivity index (χ4n) is 2.67. The average molecular weight is 321 g/mol. The predicted octanol–water partition coefficient (Wildman–Crippen LogP) is 1.41. The number of carbonyl (C=O) groups is 1. The molecule has 0 radical (unpaired) electrons. The molecule has 1 aliphatic rings. The number of hydrogen-bond donors (Lipinski definition) is 2. The van der Waals surface area contributed by atoms with Gasteiger partial charge in [0.15, 0.2) is 5.69 Å². The van der Waals surface area contributed by atoms with E-state index in [-0.39, 0.29) is 17.6 Å². The van der Waals surface area contributed by atoms with Crippen LogP contribution in [0.5, 0.6) is 0 Å². The van der Waals surface area contributed by atoms with Gasteiger partial charge in [-0.2, -0.15) is 11.3 Å². The van der Waals surface area contributed by atoms with Crippen molar-refractivity contribution in [2.75, 3.05) is 13.1 Å². The normalized spacial score (nSPS) is 22.6. The zero-order valence-corrected chi connectivity index (χ0v) is 13.2. The van der Waals surface area contributed by atoms with E-state index in [0.717, 1.165) is 13.1 Å². The molecule has 3 heterocycles. The minimum absolute atomic E-state index is 0.247. The van der Waals surface area contributed by atoms with Crippen LogP contribution in [0.2, 0.25) is 0 Å². The first-order valence-corrected chi connectivity index (χ1v) is 8.22. The van der Waals surface area contributed by atoms with Crippen LogP contribution in [-0.2, 0) is 6.54 Å². The molecule has 0 saturated carbocycles. The molecule has 6 nitrogen and oxygen atoms in total. The molecule has 2 N–H and O–H groups in total. The number of carbonyl (C=O) groups excluding carboxylic acids is 1. The molecule has 1 saturated heterocycles. The number of aliphatic hydroxyl groups is 1. The maximum atomic E-state index is 12.1. The predicted molar refractivity (Wildman–Crippen MR) is 82.7 cm³/mol. The first-order chi connectivity index (χ1) is 10.6. The molecule has 2 aromatic heterocycles. The standard InChI is InChI=1S/C15H19N3O3S/c1-10-6-13(17-21-10)15(20)16-12-2-4-18(8-14(12)19)7-11-3-5-22-9-11/h3,5-6,9,12,14,19H,2,4,7-8H2,1H3,(H,16,20)/t12-,14-/m1/s1. The van der Waals surface area contributed by atoms with Crippen molar-refractivity contribution in [2.45, 2.75) is 32.0 Å². The number of nitrogens with zero attached hydrogens (tertiary/aromatic N) is 2. The number of thiophene rings is 1. The highest BCUT2D eigenvalue weighted by atomic mass is 32.1. The zero-order chi connectivity index (χ0) is 15.5. The van der Waals surface area contributed by atoms with Crippen LogP contribution < -0.4 is 5.32 Å². The monoisotopic (exact) mass is 321 g/mol. The van der Waals surface area contributed by atoms with Gasteiger partial charge in [0.05, 0.1) is 12.1 Å². The quantitative estimate of drug-likeness (QED) is 0.890. The van der Waals surface area contributed by atoms with Crippen molar-refractivity contribution >= 4 is 17.2 Å². The van der Waals surface area contributed by atoms with Gasteiger partial charge >= 0.3 is 0 Å². The third-order valence-corrected chi connectivity index (χ3v) is 4.56. The number of nitrogens with one attached hydrogen (secondary N) is 1. The second-order valence-corrected chi connectivity index (χ2v) is 6.41. The molecule has 1 amide bonds. The molecular formula is C15H19N3O3S. The van der Waals surface area contributed by atoms with E-state index in [4.69, 9.17) is 4.52 Å². The number of likely N-dealkylation sites (tertiary alicyclic amines) is 1. The fourth-order valence-corrected chi connectivity index (χ4v) is 3.33. The number of piperidine rings is 1. The molecule has 0 aliphatic carbocycles. The van der Waals surface area contributed by atoms with Gasteiger partial charge in [-0.05, 0) is 35.7 Å². The molecule has 0 bridgehead atoms. The van der Waals surface area contributed by atoms with Gasteiger partial charge in [-0.1, -0.05) is 5.16 Å². The van der Waals surface area contributed by atoms with E-state index in [2.05, 4.69) is 32.2 Å². The first kappa shape index (κ1) is 15.2. The summed E-state index contributed by atoms with van der Waals surface area (Å²) in [4.78, 5) is 14.3. The lowest BCUT2D eigenvalue weighted by Crippen LogP contribution is -2.53. The number of rotatable bonds is 4. The second-order valence-electron chi connectivity index (χ2n) is 5.63. The van der Waals surface area contributed by atoms with Gasteiger partial charge in [0.25, 0.3) is 5.91 Å². The first-order valence-electron chi connectivity index (χ1n) is 7.27. The van der Waals surface area contributed by atoms with Gasteiger partial charge < -0.3 is 14.9 Å². The SMILES string of the molecule is Cc1cc(C(=O)N[C@@H]2CCN(Cc3ccsc3)C[C@H]2O)no1. The molecule has 1 aliphatic heterocycles. The van der Waals surface area contributed by atoms with Crippen molar-refractivity contribution in [3.05, 3.63) is 39.9 Å². The fraction of sp³-hybridized carbons (Fsp3) is 0.467. The van der Waals surface area contributed by atoms with Gasteiger partial charge in [-0.25, -0.2) is 0 Å². The van der Waals surface area contributed by atoms with Crippen LogP contribution >= 0.6 is 11.3 Å². The van der Waals surface area contributed by atoms with E-state index in [9.17, 15) is 9.90 Å². The highest BCUT2D eigenvalue weighted by Gasteiger charge is 2.29. The Morgan fingerprint density at radius 1 is 1.64 bits per heavy atom. The minimum Gasteiger partial charge on any atom is -0.390 e. The summed E-state index contributed by atoms with van der Waals surface area (Å²) in [5, 5.41) is 21.0. The van der Waals surface area contributed by atoms with Crippen LogP contribution in [0.4, 0.5) is 0 Å². The minimum atomic E-state index is -0.579. The summed E-state index contributed by atoms with van der Waals surface area (Å²) in [7, 11) is 0. The Bertz CT molecular complexity index is 626. The molecule has 2 atom stereocenters. The lowest BCUT2D eigenvalue weighted by Gasteiger charge is -2.36. The number of amides is 1. The molecule has 22 heavy (non-hydrogen) atoms. The van der Waals surface area contributed by atoms with Crippen LogP contribution in [-0.4, -0.2) is 46.3 Å². The van der Waals surface area contributed by atoms with Crippen molar-refractivity contribution in [2.24, 2.45) is 0 Å². The maximum absolute atomic E-state index is 12.1. The largest absolute Gasteiger partial charge is 0.390 e. The van der Waals surface area contributed by atoms with Crippen molar-refractivity contribution in [1.82, 2.24) is 15.4 Å². The number of β-amino-alcohol motifs (C(OH)–C–C–N with tert-alkyl or cyclic N) is 1. The summed E-state index contributed by atoms with van der Waals surface area (Å²) in [6.07, 6.45) is 0.137. The lowest BCUT2D eigenvalue weighted by atomic mass is 10.0. The topological polar surface area (TPSA) is 78.6 Å². The van der Waals surface area contributed by atoms with Crippen molar-refractivity contribution in [3.8, 4) is 0 Å². The van der Waals surface area contributed by atoms with Crippen LogP contribution in [0.25, 0.3) is 0 Å². The van der Waals surface area contributed by atoms with Gasteiger partial charge in [0.1, 0.15) is 5.76 Å². The number of aliphatic hydroxyl groups excluding tert-OH is 1. The number of hydrogen-bond acceptors (Lipinski definition) is 6. The molecular weight excluding hydrogens is 302 g/mol. The maximum Gasteiger partial charge on any atom is 0.273 e. The van der Waals surface area contributed by atoms with Crippen molar-refractivity contribution in [1.29, 1.82) is 0 Å². The number of aryl methyl sites for hydroxylation is 1. The van der Waals surface area contributed by atoms with Crippen LogP contribution in [0.15, 0.2) is 27.4 Å². The summed E-state index contributed by atoms with van der Waals surface area (Å²) in [6.45, 7) is 3.97. The Hall–Kier alpha value is -1.70. The third kappa shape index (κ3) is 3.55. The summed E-state index contributed by atoms with van der Waals surface area (Å²) in [5.74, 6) is 0.295. The molecule has 0 unspecified atom stereocenters. The summed E-state index contributed by atoms with van der Waals surface area (Å²) in [6, 6.07) is 3.44. The summed E-state index contributed by atoms with van der Waals surface area (Å²) >= 11 is 1.68. The molecule has 1 fully saturated rings.